The number of aryl methyl sites for hydroxylation is 1. The lowest BCUT2D eigenvalue weighted by Gasteiger charge is -2.16. The number of hydrogen-bond donors (Lipinski definition) is 0. The molecule has 0 unspecified atom stereocenters. The Hall–Kier alpha value is -3.13. The summed E-state index contributed by atoms with van der Waals surface area (Å²) in [6, 6.07) is 11.4. The van der Waals surface area contributed by atoms with Gasteiger partial charge < -0.3 is 19.1 Å². The van der Waals surface area contributed by atoms with Gasteiger partial charge in [0, 0.05) is 19.2 Å². The minimum atomic E-state index is -0.301. The molecule has 6 nitrogen and oxygen atoms in total. The number of amides is 1. The van der Waals surface area contributed by atoms with Gasteiger partial charge in [0.2, 0.25) is 0 Å². The molecule has 0 aliphatic carbocycles. The van der Waals surface area contributed by atoms with Crippen LogP contribution in [-0.4, -0.2) is 50.2 Å². The Morgan fingerprint density at radius 1 is 1.10 bits per heavy atom. The van der Waals surface area contributed by atoms with Crippen molar-refractivity contribution in [1.82, 2.24) is 9.88 Å². The summed E-state index contributed by atoms with van der Waals surface area (Å²) >= 11 is 1.35. The molecule has 0 aliphatic rings. The second-order valence-corrected chi connectivity index (χ2v) is 7.89. The van der Waals surface area contributed by atoms with Crippen LogP contribution in [0.25, 0.3) is 10.6 Å². The number of methoxy groups -OCH3 is 2. The van der Waals surface area contributed by atoms with Crippen LogP contribution in [0, 0.1) is 12.7 Å². The molecule has 8 heteroatoms. The van der Waals surface area contributed by atoms with Gasteiger partial charge in [-0.15, -0.1) is 11.3 Å². The topological polar surface area (TPSA) is 60.9 Å². The van der Waals surface area contributed by atoms with Crippen LogP contribution in [0.5, 0.6) is 17.2 Å². The average Bonchev–Trinajstić information content (AvgIpc) is 3.18. The Morgan fingerprint density at radius 3 is 2.48 bits per heavy atom. The number of thiazole rings is 1. The Kier molecular flexibility index (Phi) is 7.46. The zero-order valence-corrected chi connectivity index (χ0v) is 18.8. The highest BCUT2D eigenvalue weighted by Crippen LogP contribution is 2.35. The van der Waals surface area contributed by atoms with Crippen LogP contribution < -0.4 is 14.2 Å². The molecule has 3 rings (SSSR count). The van der Waals surface area contributed by atoms with E-state index in [2.05, 4.69) is 4.98 Å². The molecule has 0 aliphatic heterocycles. The molecular formula is C23H25FN2O4S. The van der Waals surface area contributed by atoms with Crippen LogP contribution in [0.1, 0.15) is 21.8 Å². The maximum atomic E-state index is 12.9. The highest BCUT2D eigenvalue weighted by Gasteiger charge is 2.20. The molecule has 164 valence electrons. The van der Waals surface area contributed by atoms with Gasteiger partial charge in [-0.2, -0.15) is 0 Å². The number of rotatable bonds is 9. The molecule has 0 N–H and O–H groups in total. The Morgan fingerprint density at radius 2 is 1.81 bits per heavy atom. The first kappa shape index (κ1) is 22.6. The molecule has 0 atom stereocenters. The fourth-order valence-corrected chi connectivity index (χ4v) is 4.04. The molecule has 0 bridgehead atoms. The summed E-state index contributed by atoms with van der Waals surface area (Å²) in [5.74, 6) is 1.47. The normalized spacial score (nSPS) is 10.6. The molecule has 2 aromatic carbocycles. The quantitative estimate of drug-likeness (QED) is 0.443. The van der Waals surface area contributed by atoms with Crippen molar-refractivity contribution in [2.75, 3.05) is 34.4 Å². The molecule has 1 aromatic heterocycles. The van der Waals surface area contributed by atoms with Crippen LogP contribution in [0.3, 0.4) is 0 Å². The van der Waals surface area contributed by atoms with Gasteiger partial charge in [0.15, 0.2) is 11.5 Å². The predicted molar refractivity (Wildman–Crippen MR) is 119 cm³/mol. The number of aromatic nitrogens is 1. The summed E-state index contributed by atoms with van der Waals surface area (Å²) in [5, 5.41) is 0.745. The first-order valence-electron chi connectivity index (χ1n) is 9.76. The number of ether oxygens (including phenoxy) is 3. The lowest BCUT2D eigenvalue weighted by atomic mass is 10.2. The monoisotopic (exact) mass is 444 g/mol. The van der Waals surface area contributed by atoms with Crippen molar-refractivity contribution in [1.29, 1.82) is 0 Å². The highest BCUT2D eigenvalue weighted by molar-refractivity contribution is 7.17. The smallest absolute Gasteiger partial charge is 0.265 e. The van der Waals surface area contributed by atoms with Crippen molar-refractivity contribution in [3.05, 3.63) is 58.9 Å². The number of benzene rings is 2. The van der Waals surface area contributed by atoms with Gasteiger partial charge in [-0.1, -0.05) is 0 Å². The number of carbonyl (C=O) groups is 1. The van der Waals surface area contributed by atoms with Crippen molar-refractivity contribution in [2.45, 2.75) is 13.3 Å². The number of halogens is 1. The van der Waals surface area contributed by atoms with Crippen molar-refractivity contribution < 1.29 is 23.4 Å². The SMILES string of the molecule is COc1ccc(-c2nc(C)c(C(=O)N(C)CCCOc3ccc(F)cc3)s2)cc1OC. The van der Waals surface area contributed by atoms with Gasteiger partial charge in [0.25, 0.3) is 5.91 Å². The third kappa shape index (κ3) is 5.52. The number of carbonyl (C=O) groups excluding carboxylic acids is 1. The van der Waals surface area contributed by atoms with Crippen LogP contribution in [0.4, 0.5) is 4.39 Å². The molecule has 31 heavy (non-hydrogen) atoms. The van der Waals surface area contributed by atoms with Crippen molar-refractivity contribution in [2.24, 2.45) is 0 Å². The summed E-state index contributed by atoms with van der Waals surface area (Å²) in [4.78, 5) is 19.7. The Bertz CT molecular complexity index is 1040. The second kappa shape index (κ2) is 10.3. The van der Waals surface area contributed by atoms with E-state index in [1.54, 1.807) is 38.3 Å². The van der Waals surface area contributed by atoms with E-state index < -0.39 is 0 Å². The van der Waals surface area contributed by atoms with Crippen molar-refractivity contribution in [3.8, 4) is 27.8 Å². The maximum Gasteiger partial charge on any atom is 0.265 e. The summed E-state index contributed by atoms with van der Waals surface area (Å²) in [7, 11) is 4.93. The number of nitrogens with zero attached hydrogens (tertiary/aromatic N) is 2. The Labute approximate surface area is 185 Å². The van der Waals surface area contributed by atoms with Crippen LogP contribution in [-0.2, 0) is 0 Å². The van der Waals surface area contributed by atoms with Gasteiger partial charge in [0.1, 0.15) is 21.5 Å². The first-order valence-corrected chi connectivity index (χ1v) is 10.6. The van der Waals surface area contributed by atoms with Gasteiger partial charge in [-0.25, -0.2) is 9.37 Å². The molecule has 1 heterocycles. The third-order valence-corrected chi connectivity index (χ3v) is 5.88. The third-order valence-electron chi connectivity index (χ3n) is 4.69. The van der Waals surface area contributed by atoms with E-state index in [1.807, 2.05) is 25.1 Å². The van der Waals surface area contributed by atoms with Gasteiger partial charge in [-0.05, 0) is 55.8 Å². The summed E-state index contributed by atoms with van der Waals surface area (Å²) in [6.45, 7) is 2.80. The standard InChI is InChI=1S/C23H25FN2O4S/c1-15-21(31-22(25-15)16-6-11-19(28-3)20(14-16)29-4)23(27)26(2)12-5-13-30-18-9-7-17(24)8-10-18/h6-11,14H,5,12-13H2,1-4H3. The van der Waals surface area contributed by atoms with E-state index in [0.717, 1.165) is 10.6 Å². The minimum absolute atomic E-state index is 0.0801. The van der Waals surface area contributed by atoms with Crippen LogP contribution in [0.15, 0.2) is 42.5 Å². The van der Waals surface area contributed by atoms with E-state index in [0.29, 0.717) is 47.4 Å². The average molecular weight is 445 g/mol. The second-order valence-electron chi connectivity index (χ2n) is 6.89. The summed E-state index contributed by atoms with van der Waals surface area (Å²) in [6.07, 6.45) is 0.653. The molecule has 3 aromatic rings. The zero-order valence-electron chi connectivity index (χ0n) is 18.0. The highest BCUT2D eigenvalue weighted by atomic mass is 32.1. The minimum Gasteiger partial charge on any atom is -0.494 e. The molecule has 0 saturated heterocycles. The van der Waals surface area contributed by atoms with Crippen molar-refractivity contribution in [3.63, 3.8) is 0 Å². The van der Waals surface area contributed by atoms with Crippen LogP contribution in [0.2, 0.25) is 0 Å². The molecular weight excluding hydrogens is 419 g/mol. The lowest BCUT2D eigenvalue weighted by molar-refractivity contribution is 0.0791. The fourth-order valence-electron chi connectivity index (χ4n) is 2.99. The largest absolute Gasteiger partial charge is 0.494 e. The van der Waals surface area contributed by atoms with E-state index in [9.17, 15) is 9.18 Å². The molecule has 0 radical (unpaired) electrons. The molecule has 0 spiro atoms. The summed E-state index contributed by atoms with van der Waals surface area (Å²) in [5.41, 5.74) is 1.55. The molecule has 0 fully saturated rings. The fraction of sp³-hybridized carbons (Fsp3) is 0.304. The van der Waals surface area contributed by atoms with Crippen molar-refractivity contribution >= 4 is 17.2 Å². The predicted octanol–water partition coefficient (Wildman–Crippen LogP) is 4.82. The van der Waals surface area contributed by atoms with Gasteiger partial charge in [0.05, 0.1) is 26.5 Å². The number of hydrogen-bond acceptors (Lipinski definition) is 6. The van der Waals surface area contributed by atoms with E-state index in [-0.39, 0.29) is 11.7 Å². The first-order chi connectivity index (χ1) is 14.9. The maximum absolute atomic E-state index is 12.9. The van der Waals surface area contributed by atoms with E-state index in [1.165, 1.54) is 23.5 Å². The van der Waals surface area contributed by atoms with Gasteiger partial charge in [-0.3, -0.25) is 4.79 Å². The zero-order chi connectivity index (χ0) is 22.4. The summed E-state index contributed by atoms with van der Waals surface area (Å²) < 4.78 is 29.2. The lowest BCUT2D eigenvalue weighted by Crippen LogP contribution is -2.28. The van der Waals surface area contributed by atoms with E-state index >= 15 is 0 Å². The van der Waals surface area contributed by atoms with Crippen LogP contribution >= 0.6 is 11.3 Å². The van der Waals surface area contributed by atoms with Gasteiger partial charge >= 0.3 is 0 Å². The van der Waals surface area contributed by atoms with E-state index in [4.69, 9.17) is 14.2 Å². The molecule has 0 saturated carbocycles. The molecule has 1 amide bonds. The Balaban J connectivity index is 1.61.